The number of nitrogens with zero attached hydrogens (tertiary/aromatic N) is 1. The van der Waals surface area contributed by atoms with Gasteiger partial charge in [0.1, 0.15) is 5.78 Å². The van der Waals surface area contributed by atoms with Crippen molar-refractivity contribution in [2.24, 2.45) is 5.92 Å². The van der Waals surface area contributed by atoms with Crippen LogP contribution in [0.1, 0.15) is 19.3 Å². The molecular formula is C10H20N2O. The van der Waals surface area contributed by atoms with Crippen molar-refractivity contribution in [3.8, 4) is 0 Å². The van der Waals surface area contributed by atoms with E-state index in [0.717, 1.165) is 32.5 Å². The molecule has 0 aliphatic carbocycles. The van der Waals surface area contributed by atoms with Crippen LogP contribution in [0.4, 0.5) is 0 Å². The fraction of sp³-hybridized carbons (Fsp3) is 0.900. The molecule has 0 radical (unpaired) electrons. The topological polar surface area (TPSA) is 32.3 Å². The van der Waals surface area contributed by atoms with Crippen molar-refractivity contribution in [2.75, 3.05) is 33.7 Å². The number of carbonyl (C=O) groups is 1. The molecule has 76 valence electrons. The molecule has 0 amide bonds. The number of rotatable bonds is 4. The average molecular weight is 184 g/mol. The molecule has 0 saturated carbocycles. The van der Waals surface area contributed by atoms with Gasteiger partial charge in [0.2, 0.25) is 0 Å². The minimum absolute atomic E-state index is 0.338. The van der Waals surface area contributed by atoms with E-state index in [1.807, 2.05) is 7.05 Å². The molecule has 1 rings (SSSR count). The Balaban J connectivity index is 2.23. The van der Waals surface area contributed by atoms with E-state index in [1.165, 1.54) is 0 Å². The second-order valence-corrected chi connectivity index (χ2v) is 3.90. The van der Waals surface area contributed by atoms with E-state index in [2.05, 4.69) is 17.3 Å². The summed E-state index contributed by atoms with van der Waals surface area (Å²) in [5.74, 6) is 0.784. The smallest absolute Gasteiger partial charge is 0.137 e. The molecule has 1 N–H and O–H groups in total. The Hall–Kier alpha value is -0.410. The SMILES string of the molecule is CNCCC(=O)C1CCN(C)CC1. The van der Waals surface area contributed by atoms with Crippen molar-refractivity contribution < 1.29 is 4.79 Å². The highest BCUT2D eigenvalue weighted by atomic mass is 16.1. The van der Waals surface area contributed by atoms with E-state index < -0.39 is 0 Å². The van der Waals surface area contributed by atoms with Gasteiger partial charge in [-0.2, -0.15) is 0 Å². The van der Waals surface area contributed by atoms with Crippen LogP contribution in [-0.4, -0.2) is 44.4 Å². The summed E-state index contributed by atoms with van der Waals surface area (Å²) in [5.41, 5.74) is 0. The summed E-state index contributed by atoms with van der Waals surface area (Å²) in [7, 11) is 4.01. The first-order valence-corrected chi connectivity index (χ1v) is 5.10. The number of carbonyl (C=O) groups excluding carboxylic acids is 1. The molecule has 1 fully saturated rings. The quantitative estimate of drug-likeness (QED) is 0.691. The first kappa shape index (κ1) is 10.7. The molecule has 0 spiro atoms. The number of nitrogens with one attached hydrogen (secondary N) is 1. The van der Waals surface area contributed by atoms with Crippen LogP contribution in [0.25, 0.3) is 0 Å². The molecule has 0 aromatic carbocycles. The second-order valence-electron chi connectivity index (χ2n) is 3.90. The fourth-order valence-corrected chi connectivity index (χ4v) is 1.78. The van der Waals surface area contributed by atoms with Gasteiger partial charge in [0, 0.05) is 18.9 Å². The average Bonchev–Trinajstić information content (AvgIpc) is 2.15. The molecule has 0 atom stereocenters. The Kier molecular flexibility index (Phi) is 4.39. The monoisotopic (exact) mass is 184 g/mol. The van der Waals surface area contributed by atoms with E-state index in [9.17, 15) is 4.79 Å². The van der Waals surface area contributed by atoms with Gasteiger partial charge in [0.05, 0.1) is 0 Å². The van der Waals surface area contributed by atoms with Crippen LogP contribution in [0.3, 0.4) is 0 Å². The molecule has 1 heterocycles. The molecular weight excluding hydrogens is 164 g/mol. The number of likely N-dealkylation sites (tertiary alicyclic amines) is 1. The molecule has 0 bridgehead atoms. The zero-order valence-corrected chi connectivity index (χ0v) is 8.68. The summed E-state index contributed by atoms with van der Waals surface area (Å²) in [6.45, 7) is 2.98. The Morgan fingerprint density at radius 2 is 2.08 bits per heavy atom. The van der Waals surface area contributed by atoms with Gasteiger partial charge in [-0.05, 0) is 40.0 Å². The zero-order valence-electron chi connectivity index (χ0n) is 8.68. The zero-order chi connectivity index (χ0) is 9.68. The molecule has 1 aliphatic rings. The second kappa shape index (κ2) is 5.35. The maximum absolute atomic E-state index is 11.6. The number of Topliss-reactive ketones (excluding diaryl/α,β-unsaturated/α-hetero) is 1. The van der Waals surface area contributed by atoms with Crippen LogP contribution >= 0.6 is 0 Å². The van der Waals surface area contributed by atoms with Crippen molar-refractivity contribution in [1.82, 2.24) is 10.2 Å². The van der Waals surface area contributed by atoms with Gasteiger partial charge in [0.15, 0.2) is 0 Å². The Morgan fingerprint density at radius 1 is 1.46 bits per heavy atom. The molecule has 1 aliphatic heterocycles. The van der Waals surface area contributed by atoms with E-state index in [1.54, 1.807) is 0 Å². The van der Waals surface area contributed by atoms with Crippen LogP contribution in [0.5, 0.6) is 0 Å². The lowest BCUT2D eigenvalue weighted by atomic mass is 9.91. The number of piperidine rings is 1. The summed E-state index contributed by atoms with van der Waals surface area (Å²) in [6.07, 6.45) is 2.81. The number of hydrogen-bond donors (Lipinski definition) is 1. The summed E-state index contributed by atoms with van der Waals surface area (Å²) in [4.78, 5) is 13.9. The minimum atomic E-state index is 0.338. The first-order chi connectivity index (χ1) is 6.24. The first-order valence-electron chi connectivity index (χ1n) is 5.10. The summed E-state index contributed by atoms with van der Waals surface area (Å²) < 4.78 is 0. The number of hydrogen-bond acceptors (Lipinski definition) is 3. The van der Waals surface area contributed by atoms with Crippen LogP contribution < -0.4 is 5.32 Å². The Morgan fingerprint density at radius 3 is 2.62 bits per heavy atom. The van der Waals surface area contributed by atoms with Crippen molar-refractivity contribution in [3.63, 3.8) is 0 Å². The fourth-order valence-electron chi connectivity index (χ4n) is 1.78. The number of ketones is 1. The maximum Gasteiger partial charge on any atom is 0.137 e. The van der Waals surface area contributed by atoms with E-state index in [0.29, 0.717) is 18.1 Å². The normalized spacial score (nSPS) is 20.5. The predicted molar refractivity (Wildman–Crippen MR) is 53.8 cm³/mol. The van der Waals surface area contributed by atoms with Gasteiger partial charge in [0.25, 0.3) is 0 Å². The van der Waals surface area contributed by atoms with Crippen LogP contribution in [0, 0.1) is 5.92 Å². The summed E-state index contributed by atoms with van der Waals surface area (Å²) >= 11 is 0. The van der Waals surface area contributed by atoms with Crippen molar-refractivity contribution in [2.45, 2.75) is 19.3 Å². The highest BCUT2D eigenvalue weighted by Gasteiger charge is 2.22. The van der Waals surface area contributed by atoms with Crippen molar-refractivity contribution in [3.05, 3.63) is 0 Å². The minimum Gasteiger partial charge on any atom is -0.319 e. The molecule has 0 unspecified atom stereocenters. The van der Waals surface area contributed by atoms with E-state index >= 15 is 0 Å². The lowest BCUT2D eigenvalue weighted by Gasteiger charge is -2.27. The van der Waals surface area contributed by atoms with Gasteiger partial charge in [-0.1, -0.05) is 0 Å². The van der Waals surface area contributed by atoms with Gasteiger partial charge in [-0.3, -0.25) is 4.79 Å². The van der Waals surface area contributed by atoms with Crippen molar-refractivity contribution >= 4 is 5.78 Å². The molecule has 1 saturated heterocycles. The van der Waals surface area contributed by atoms with E-state index in [-0.39, 0.29) is 0 Å². The summed E-state index contributed by atoms with van der Waals surface area (Å²) in [6, 6.07) is 0. The molecule has 0 aromatic rings. The third-order valence-electron chi connectivity index (χ3n) is 2.80. The Labute approximate surface area is 80.5 Å². The predicted octanol–water partition coefficient (Wildman–Crippen LogP) is 0.507. The van der Waals surface area contributed by atoms with Crippen LogP contribution in [0.15, 0.2) is 0 Å². The van der Waals surface area contributed by atoms with Gasteiger partial charge in [-0.15, -0.1) is 0 Å². The lowest BCUT2D eigenvalue weighted by Crippen LogP contribution is -2.34. The Bertz CT molecular complexity index is 162. The van der Waals surface area contributed by atoms with Gasteiger partial charge in [-0.25, -0.2) is 0 Å². The van der Waals surface area contributed by atoms with Crippen LogP contribution in [-0.2, 0) is 4.79 Å². The maximum atomic E-state index is 11.6. The van der Waals surface area contributed by atoms with Gasteiger partial charge < -0.3 is 10.2 Å². The summed E-state index contributed by atoms with van der Waals surface area (Å²) in [5, 5.41) is 3.02. The third-order valence-corrected chi connectivity index (χ3v) is 2.80. The van der Waals surface area contributed by atoms with Gasteiger partial charge >= 0.3 is 0 Å². The molecule has 3 heteroatoms. The van der Waals surface area contributed by atoms with E-state index in [4.69, 9.17) is 0 Å². The highest BCUT2D eigenvalue weighted by molar-refractivity contribution is 5.81. The largest absolute Gasteiger partial charge is 0.319 e. The third kappa shape index (κ3) is 3.44. The molecule has 0 aromatic heterocycles. The lowest BCUT2D eigenvalue weighted by molar-refractivity contribution is -0.124. The van der Waals surface area contributed by atoms with Crippen LogP contribution in [0.2, 0.25) is 0 Å². The van der Waals surface area contributed by atoms with Crippen molar-refractivity contribution in [1.29, 1.82) is 0 Å². The molecule has 13 heavy (non-hydrogen) atoms. The standard InChI is InChI=1S/C10H20N2O/c1-11-6-3-10(13)9-4-7-12(2)8-5-9/h9,11H,3-8H2,1-2H3. The highest BCUT2D eigenvalue weighted by Crippen LogP contribution is 2.17. The molecule has 3 nitrogen and oxygen atoms in total.